The van der Waals surface area contributed by atoms with Crippen molar-refractivity contribution in [3.63, 3.8) is 0 Å². The van der Waals surface area contributed by atoms with E-state index in [9.17, 15) is 9.59 Å². The van der Waals surface area contributed by atoms with E-state index in [4.69, 9.17) is 25.0 Å². The second-order valence-electron chi connectivity index (χ2n) is 10.5. The van der Waals surface area contributed by atoms with Crippen molar-refractivity contribution in [3.05, 3.63) is 60.3 Å². The van der Waals surface area contributed by atoms with Gasteiger partial charge in [-0.15, -0.1) is 0 Å². The first-order valence-electron chi connectivity index (χ1n) is 12.9. The molecule has 1 aromatic heterocycles. The topological polar surface area (TPSA) is 109 Å². The minimum atomic E-state index is -0.828. The fourth-order valence-electron chi connectivity index (χ4n) is 4.37. The minimum Gasteiger partial charge on any atom is -0.497 e. The molecule has 2 N–H and O–H groups in total. The summed E-state index contributed by atoms with van der Waals surface area (Å²) in [7, 11) is 1.62. The van der Waals surface area contributed by atoms with E-state index >= 15 is 0 Å². The summed E-state index contributed by atoms with van der Waals surface area (Å²) in [6.45, 7) is 7.54. The number of methoxy groups -OCH3 is 1. The third-order valence-corrected chi connectivity index (χ3v) is 6.66. The van der Waals surface area contributed by atoms with Gasteiger partial charge in [0.1, 0.15) is 24.2 Å². The van der Waals surface area contributed by atoms with E-state index in [1.165, 1.54) is 0 Å². The van der Waals surface area contributed by atoms with Crippen molar-refractivity contribution in [2.45, 2.75) is 46.1 Å². The van der Waals surface area contributed by atoms with Gasteiger partial charge in [0, 0.05) is 24.1 Å². The summed E-state index contributed by atoms with van der Waals surface area (Å²) in [5.41, 5.74) is 7.78. The zero-order chi connectivity index (χ0) is 27.3. The molecule has 0 bridgehead atoms. The number of aromatic nitrogens is 2. The molecule has 202 valence electrons. The van der Waals surface area contributed by atoms with Crippen molar-refractivity contribution in [2.75, 3.05) is 26.8 Å². The fourth-order valence-corrected chi connectivity index (χ4v) is 4.37. The van der Waals surface area contributed by atoms with Crippen molar-refractivity contribution in [1.82, 2.24) is 14.7 Å². The van der Waals surface area contributed by atoms with Gasteiger partial charge in [-0.1, -0.05) is 20.8 Å². The van der Waals surface area contributed by atoms with Crippen molar-refractivity contribution < 1.29 is 23.8 Å². The number of carbonyl (C=O) groups excluding carboxylic acids is 2. The largest absolute Gasteiger partial charge is 0.497 e. The van der Waals surface area contributed by atoms with Crippen LogP contribution < -0.4 is 15.2 Å². The lowest BCUT2D eigenvalue weighted by molar-refractivity contribution is 0.00580. The Hall–Kier alpha value is -4.01. The third kappa shape index (κ3) is 6.45. The Labute approximate surface area is 223 Å². The molecule has 1 fully saturated rings. The average molecular weight is 521 g/mol. The van der Waals surface area contributed by atoms with Crippen LogP contribution in [-0.4, -0.2) is 59.6 Å². The monoisotopic (exact) mass is 520 g/mol. The van der Waals surface area contributed by atoms with Gasteiger partial charge in [-0.3, -0.25) is 4.79 Å². The number of rotatable bonds is 8. The van der Waals surface area contributed by atoms with Crippen LogP contribution in [0.3, 0.4) is 0 Å². The second kappa shape index (κ2) is 11.6. The number of hydrogen-bond acceptors (Lipinski definition) is 6. The number of nitrogens with zero attached hydrogens (tertiary/aromatic N) is 3. The number of piperidine rings is 1. The molecule has 1 saturated heterocycles. The predicted molar refractivity (Wildman–Crippen MR) is 145 cm³/mol. The Morgan fingerprint density at radius 1 is 0.974 bits per heavy atom. The van der Waals surface area contributed by atoms with Crippen molar-refractivity contribution in [1.29, 1.82) is 0 Å². The molecule has 0 spiro atoms. The maximum Gasteiger partial charge on any atom is 0.404 e. The predicted octanol–water partition coefficient (Wildman–Crippen LogP) is 5.06. The lowest BCUT2D eigenvalue weighted by atomic mass is 9.89. The van der Waals surface area contributed by atoms with Gasteiger partial charge in [0.25, 0.3) is 5.91 Å². The molecule has 2 amide bonds. The maximum atomic E-state index is 13.3. The summed E-state index contributed by atoms with van der Waals surface area (Å²) in [6, 6.07) is 16.9. The van der Waals surface area contributed by atoms with E-state index in [1.54, 1.807) is 11.8 Å². The molecule has 9 nitrogen and oxygen atoms in total. The van der Waals surface area contributed by atoms with Gasteiger partial charge in [-0.25, -0.2) is 9.48 Å². The summed E-state index contributed by atoms with van der Waals surface area (Å²) in [4.78, 5) is 26.4. The third-order valence-electron chi connectivity index (χ3n) is 6.66. The van der Waals surface area contributed by atoms with Gasteiger partial charge in [-0.2, -0.15) is 5.10 Å². The van der Waals surface area contributed by atoms with Crippen LogP contribution in [0.1, 0.15) is 50.5 Å². The number of likely N-dealkylation sites (tertiary alicyclic amines) is 1. The van der Waals surface area contributed by atoms with Crippen LogP contribution in [0.15, 0.2) is 54.6 Å². The van der Waals surface area contributed by atoms with Gasteiger partial charge < -0.3 is 24.8 Å². The highest BCUT2D eigenvalue weighted by Crippen LogP contribution is 2.29. The standard InChI is InChI=1S/C29H36N4O5/c1-29(2,3)26(38-28(30)35)19-37-23-12-8-20(9-13-23)25-18-24(27(34)32-16-6-5-7-17-32)31-33(25)21-10-14-22(36-4)15-11-21/h8-15,18,26H,5-7,16-17,19H2,1-4H3,(H2,30,35). The Bertz CT molecular complexity index is 1240. The van der Waals surface area contributed by atoms with E-state index in [-0.39, 0.29) is 17.9 Å². The molecule has 2 heterocycles. The summed E-state index contributed by atoms with van der Waals surface area (Å²) >= 11 is 0. The zero-order valence-corrected chi connectivity index (χ0v) is 22.5. The highest BCUT2D eigenvalue weighted by molar-refractivity contribution is 5.93. The summed E-state index contributed by atoms with van der Waals surface area (Å²) in [6.07, 6.45) is 1.85. The first kappa shape index (κ1) is 27.0. The minimum absolute atomic E-state index is 0.0548. The van der Waals surface area contributed by atoms with Crippen LogP contribution in [0.4, 0.5) is 4.79 Å². The Balaban J connectivity index is 1.60. The first-order valence-corrected chi connectivity index (χ1v) is 12.9. The van der Waals surface area contributed by atoms with E-state index in [2.05, 4.69) is 0 Å². The van der Waals surface area contributed by atoms with Crippen LogP contribution in [0.25, 0.3) is 16.9 Å². The number of primary amides is 1. The van der Waals surface area contributed by atoms with Crippen LogP contribution in [0, 0.1) is 5.41 Å². The summed E-state index contributed by atoms with van der Waals surface area (Å²) < 4.78 is 18.2. The molecule has 38 heavy (non-hydrogen) atoms. The van der Waals surface area contributed by atoms with E-state index in [0.29, 0.717) is 11.4 Å². The van der Waals surface area contributed by atoms with Gasteiger partial charge in [0.15, 0.2) is 5.69 Å². The Morgan fingerprint density at radius 3 is 2.18 bits per heavy atom. The first-order chi connectivity index (χ1) is 18.2. The molecular weight excluding hydrogens is 484 g/mol. The Morgan fingerprint density at radius 2 is 1.61 bits per heavy atom. The zero-order valence-electron chi connectivity index (χ0n) is 22.5. The molecular formula is C29H36N4O5. The van der Waals surface area contributed by atoms with E-state index in [0.717, 1.165) is 55.0 Å². The molecule has 4 rings (SSSR count). The van der Waals surface area contributed by atoms with Gasteiger partial charge in [-0.05, 0) is 73.9 Å². The van der Waals surface area contributed by atoms with Crippen LogP contribution >= 0.6 is 0 Å². The molecule has 2 aromatic carbocycles. The van der Waals surface area contributed by atoms with Crippen LogP contribution in [-0.2, 0) is 4.74 Å². The maximum absolute atomic E-state index is 13.3. The molecule has 3 aromatic rings. The van der Waals surface area contributed by atoms with Gasteiger partial charge in [0.05, 0.1) is 18.5 Å². The summed E-state index contributed by atoms with van der Waals surface area (Å²) in [5.74, 6) is 1.31. The van der Waals surface area contributed by atoms with Crippen molar-refractivity contribution in [3.8, 4) is 28.4 Å². The smallest absolute Gasteiger partial charge is 0.404 e. The Kier molecular flexibility index (Phi) is 8.24. The highest BCUT2D eigenvalue weighted by Gasteiger charge is 2.29. The van der Waals surface area contributed by atoms with E-state index < -0.39 is 12.2 Å². The molecule has 0 aliphatic carbocycles. The number of hydrogen-bond donors (Lipinski definition) is 1. The SMILES string of the molecule is COc1ccc(-n2nc(C(=O)N3CCCCC3)cc2-c2ccc(OCC(OC(N)=O)C(C)(C)C)cc2)cc1. The lowest BCUT2D eigenvalue weighted by Gasteiger charge is -2.29. The second-order valence-corrected chi connectivity index (χ2v) is 10.5. The van der Waals surface area contributed by atoms with Gasteiger partial charge >= 0.3 is 6.09 Å². The molecule has 1 unspecified atom stereocenters. The van der Waals surface area contributed by atoms with Crippen molar-refractivity contribution in [2.24, 2.45) is 11.1 Å². The lowest BCUT2D eigenvalue weighted by Crippen LogP contribution is -2.38. The van der Waals surface area contributed by atoms with E-state index in [1.807, 2.05) is 80.3 Å². The quantitative estimate of drug-likeness (QED) is 0.445. The fraction of sp³-hybridized carbons (Fsp3) is 0.414. The normalized spacial score (nSPS) is 14.6. The number of benzene rings is 2. The molecule has 9 heteroatoms. The molecule has 1 aliphatic heterocycles. The summed E-state index contributed by atoms with van der Waals surface area (Å²) in [5, 5.41) is 4.72. The van der Waals surface area contributed by atoms with Crippen molar-refractivity contribution >= 4 is 12.0 Å². The number of ether oxygens (including phenoxy) is 3. The molecule has 0 radical (unpaired) electrons. The molecule has 1 aliphatic rings. The number of carbonyl (C=O) groups is 2. The van der Waals surface area contributed by atoms with Crippen LogP contribution in [0.2, 0.25) is 0 Å². The molecule has 1 atom stereocenters. The molecule has 0 saturated carbocycles. The number of nitrogens with two attached hydrogens (primary N) is 1. The number of amides is 2. The van der Waals surface area contributed by atoms with Crippen LogP contribution in [0.5, 0.6) is 11.5 Å². The average Bonchev–Trinajstić information content (AvgIpc) is 3.36. The highest BCUT2D eigenvalue weighted by atomic mass is 16.6. The van der Waals surface area contributed by atoms with Gasteiger partial charge in [0.2, 0.25) is 0 Å².